The number of aliphatic hydroxyl groups excluding tert-OH is 1. The van der Waals surface area contributed by atoms with Gasteiger partial charge in [-0.05, 0) is 30.7 Å². The molecule has 0 aliphatic carbocycles. The van der Waals surface area contributed by atoms with Crippen molar-refractivity contribution in [3.63, 3.8) is 0 Å². The lowest BCUT2D eigenvalue weighted by molar-refractivity contribution is -0.121. The molecule has 3 nitrogen and oxygen atoms in total. The van der Waals surface area contributed by atoms with Gasteiger partial charge in [-0.3, -0.25) is 4.79 Å². The van der Waals surface area contributed by atoms with Crippen LogP contribution in [0.15, 0.2) is 11.4 Å². The van der Waals surface area contributed by atoms with Crippen LogP contribution < -0.4 is 5.32 Å². The maximum atomic E-state index is 11.6. The number of aliphatic hydroxyl groups is 1. The molecular formula is C14H22ClNO2S. The second-order valence-corrected chi connectivity index (χ2v) is 6.94. The molecule has 0 spiro atoms. The minimum absolute atomic E-state index is 0.0571. The SMILES string of the molecule is CC(C)(CO)CCCNC(=O)CCc1cc(Cl)cs1. The molecule has 108 valence electrons. The van der Waals surface area contributed by atoms with Gasteiger partial charge in [-0.15, -0.1) is 11.3 Å². The molecular weight excluding hydrogens is 282 g/mol. The van der Waals surface area contributed by atoms with Crippen molar-refractivity contribution in [1.29, 1.82) is 0 Å². The first-order valence-corrected chi connectivity index (χ1v) is 7.79. The molecule has 1 rings (SSSR count). The molecule has 2 N–H and O–H groups in total. The van der Waals surface area contributed by atoms with Gasteiger partial charge in [-0.25, -0.2) is 0 Å². The number of carbonyl (C=O) groups excluding carboxylic acids is 1. The monoisotopic (exact) mass is 303 g/mol. The minimum Gasteiger partial charge on any atom is -0.396 e. The van der Waals surface area contributed by atoms with Crippen LogP contribution in [-0.4, -0.2) is 24.2 Å². The summed E-state index contributed by atoms with van der Waals surface area (Å²) in [6.45, 7) is 4.90. The number of rotatable bonds is 8. The quantitative estimate of drug-likeness (QED) is 0.724. The van der Waals surface area contributed by atoms with Gasteiger partial charge in [0.1, 0.15) is 0 Å². The molecule has 1 aromatic rings. The van der Waals surface area contributed by atoms with E-state index in [4.69, 9.17) is 16.7 Å². The van der Waals surface area contributed by atoms with Crippen LogP contribution >= 0.6 is 22.9 Å². The van der Waals surface area contributed by atoms with E-state index in [0.29, 0.717) is 13.0 Å². The van der Waals surface area contributed by atoms with Crippen LogP contribution in [0.3, 0.4) is 0 Å². The van der Waals surface area contributed by atoms with E-state index in [1.807, 2.05) is 25.3 Å². The molecule has 0 atom stereocenters. The van der Waals surface area contributed by atoms with E-state index >= 15 is 0 Å². The third-order valence-corrected chi connectivity index (χ3v) is 4.34. The molecule has 19 heavy (non-hydrogen) atoms. The van der Waals surface area contributed by atoms with Crippen molar-refractivity contribution in [1.82, 2.24) is 5.32 Å². The van der Waals surface area contributed by atoms with E-state index in [1.165, 1.54) is 0 Å². The van der Waals surface area contributed by atoms with Crippen molar-refractivity contribution in [2.75, 3.05) is 13.2 Å². The largest absolute Gasteiger partial charge is 0.396 e. The van der Waals surface area contributed by atoms with E-state index < -0.39 is 0 Å². The predicted octanol–water partition coefficient (Wildman–Crippen LogP) is 3.25. The lowest BCUT2D eigenvalue weighted by Crippen LogP contribution is -2.26. The Labute approximate surface area is 124 Å². The standard InChI is InChI=1S/C14H22ClNO2S/c1-14(2,10-17)6-3-7-16-13(18)5-4-12-8-11(15)9-19-12/h8-9,17H,3-7,10H2,1-2H3,(H,16,18). The molecule has 1 heterocycles. The van der Waals surface area contributed by atoms with E-state index in [1.54, 1.807) is 11.3 Å². The molecule has 5 heteroatoms. The molecule has 0 saturated heterocycles. The summed E-state index contributed by atoms with van der Waals surface area (Å²) in [5, 5.41) is 14.6. The molecule has 0 unspecified atom stereocenters. The maximum absolute atomic E-state index is 11.6. The Balaban J connectivity index is 2.11. The van der Waals surface area contributed by atoms with Crippen molar-refractivity contribution in [2.45, 2.75) is 39.5 Å². The van der Waals surface area contributed by atoms with Gasteiger partial charge in [-0.1, -0.05) is 25.4 Å². The average molecular weight is 304 g/mol. The maximum Gasteiger partial charge on any atom is 0.220 e. The lowest BCUT2D eigenvalue weighted by atomic mass is 9.89. The Bertz CT molecular complexity index is 404. The summed E-state index contributed by atoms with van der Waals surface area (Å²) in [6, 6.07) is 1.91. The number of hydrogen-bond donors (Lipinski definition) is 2. The summed E-state index contributed by atoms with van der Waals surface area (Å²) in [5.74, 6) is 0.0753. The van der Waals surface area contributed by atoms with Gasteiger partial charge in [0, 0.05) is 29.8 Å². The fraction of sp³-hybridized carbons (Fsp3) is 0.643. The van der Waals surface area contributed by atoms with Crippen LogP contribution in [0.25, 0.3) is 0 Å². The van der Waals surface area contributed by atoms with Crippen molar-refractivity contribution in [3.05, 3.63) is 21.3 Å². The Kier molecular flexibility index (Phi) is 6.83. The summed E-state index contributed by atoms with van der Waals surface area (Å²) in [6.07, 6.45) is 3.04. The Hall–Kier alpha value is -0.580. The van der Waals surface area contributed by atoms with Crippen LogP contribution in [0.1, 0.15) is 38.0 Å². The van der Waals surface area contributed by atoms with E-state index in [2.05, 4.69) is 5.32 Å². The molecule has 0 fully saturated rings. The van der Waals surface area contributed by atoms with Gasteiger partial charge in [0.15, 0.2) is 0 Å². The number of halogens is 1. The molecule has 0 radical (unpaired) electrons. The summed E-state index contributed by atoms with van der Waals surface area (Å²) >= 11 is 7.41. The van der Waals surface area contributed by atoms with Gasteiger partial charge in [-0.2, -0.15) is 0 Å². The smallest absolute Gasteiger partial charge is 0.220 e. The highest BCUT2D eigenvalue weighted by molar-refractivity contribution is 7.10. The first kappa shape index (κ1) is 16.5. The Morgan fingerprint density at radius 3 is 2.84 bits per heavy atom. The summed E-state index contributed by atoms with van der Waals surface area (Å²) in [4.78, 5) is 12.8. The first-order chi connectivity index (χ1) is 8.93. The van der Waals surface area contributed by atoms with Crippen molar-refractivity contribution < 1.29 is 9.90 Å². The van der Waals surface area contributed by atoms with Gasteiger partial charge in [0.2, 0.25) is 5.91 Å². The number of nitrogens with one attached hydrogen (secondary N) is 1. The van der Waals surface area contributed by atoms with Crippen molar-refractivity contribution in [3.8, 4) is 0 Å². The Morgan fingerprint density at radius 1 is 1.53 bits per heavy atom. The third kappa shape index (κ3) is 6.95. The summed E-state index contributed by atoms with van der Waals surface area (Å²) in [7, 11) is 0. The zero-order valence-electron chi connectivity index (χ0n) is 11.5. The highest BCUT2D eigenvalue weighted by atomic mass is 35.5. The minimum atomic E-state index is -0.0571. The number of hydrogen-bond acceptors (Lipinski definition) is 3. The number of thiophene rings is 1. The molecule has 0 saturated carbocycles. The van der Waals surface area contributed by atoms with Crippen molar-refractivity contribution >= 4 is 28.8 Å². The average Bonchev–Trinajstić information content (AvgIpc) is 2.78. The van der Waals surface area contributed by atoms with E-state index in [0.717, 1.165) is 29.2 Å². The summed E-state index contributed by atoms with van der Waals surface area (Å²) in [5.41, 5.74) is -0.0571. The second-order valence-electron chi connectivity index (χ2n) is 5.51. The normalized spacial score (nSPS) is 11.6. The summed E-state index contributed by atoms with van der Waals surface area (Å²) < 4.78 is 0. The zero-order valence-corrected chi connectivity index (χ0v) is 13.1. The highest BCUT2D eigenvalue weighted by Crippen LogP contribution is 2.21. The van der Waals surface area contributed by atoms with Crippen molar-refractivity contribution in [2.24, 2.45) is 5.41 Å². The van der Waals surface area contributed by atoms with Crippen LogP contribution in [0.5, 0.6) is 0 Å². The number of aryl methyl sites for hydroxylation is 1. The van der Waals surface area contributed by atoms with Crippen LogP contribution in [0, 0.1) is 5.41 Å². The van der Waals surface area contributed by atoms with Crippen LogP contribution in [0.4, 0.5) is 0 Å². The van der Waals surface area contributed by atoms with Gasteiger partial charge in [0.25, 0.3) is 0 Å². The molecule has 0 aliphatic heterocycles. The molecule has 0 aliphatic rings. The fourth-order valence-corrected chi connectivity index (χ4v) is 2.76. The molecule has 1 amide bonds. The molecule has 1 aromatic heterocycles. The third-order valence-electron chi connectivity index (χ3n) is 3.00. The predicted molar refractivity (Wildman–Crippen MR) is 80.8 cm³/mol. The Morgan fingerprint density at radius 2 is 2.26 bits per heavy atom. The van der Waals surface area contributed by atoms with E-state index in [-0.39, 0.29) is 17.9 Å². The van der Waals surface area contributed by atoms with Crippen LogP contribution in [0.2, 0.25) is 5.02 Å². The second kappa shape index (κ2) is 7.88. The topological polar surface area (TPSA) is 49.3 Å². The first-order valence-electron chi connectivity index (χ1n) is 6.53. The number of carbonyl (C=O) groups is 1. The molecule has 0 bridgehead atoms. The molecule has 0 aromatic carbocycles. The number of amides is 1. The van der Waals surface area contributed by atoms with Gasteiger partial charge >= 0.3 is 0 Å². The van der Waals surface area contributed by atoms with Crippen LogP contribution in [-0.2, 0) is 11.2 Å². The fourth-order valence-electron chi connectivity index (χ4n) is 1.68. The lowest BCUT2D eigenvalue weighted by Gasteiger charge is -2.21. The van der Waals surface area contributed by atoms with E-state index in [9.17, 15) is 4.79 Å². The van der Waals surface area contributed by atoms with Gasteiger partial charge in [0.05, 0.1) is 5.02 Å². The highest BCUT2D eigenvalue weighted by Gasteiger charge is 2.15. The zero-order chi connectivity index (χ0) is 14.3. The van der Waals surface area contributed by atoms with Gasteiger partial charge < -0.3 is 10.4 Å².